The Bertz CT molecular complexity index is 898. The summed E-state index contributed by atoms with van der Waals surface area (Å²) in [4.78, 5) is 4.03. The maximum absolute atomic E-state index is 12.5. The van der Waals surface area contributed by atoms with E-state index in [0.29, 0.717) is 12.1 Å². The predicted octanol–water partition coefficient (Wildman–Crippen LogP) is 1.13. The summed E-state index contributed by atoms with van der Waals surface area (Å²) in [5.74, 6) is -0.0612. The number of nitrogens with zero attached hydrogens (tertiary/aromatic N) is 4. The number of pyridine rings is 1. The first-order valence-corrected chi connectivity index (χ1v) is 8.39. The van der Waals surface area contributed by atoms with E-state index in [1.54, 1.807) is 24.4 Å². The first-order valence-electron chi connectivity index (χ1n) is 6.09. The largest absolute Gasteiger partial charge is 0.381 e. The summed E-state index contributed by atoms with van der Waals surface area (Å²) in [5, 5.41) is 8.52. The highest BCUT2D eigenvalue weighted by molar-refractivity contribution is 7.93. The maximum Gasteiger partial charge on any atom is 0.283 e. The number of anilines is 2. The predicted molar refractivity (Wildman–Crippen MR) is 79.7 cm³/mol. The Hall–Kier alpha value is -2.20. The molecule has 0 aromatic carbocycles. The lowest BCUT2D eigenvalue weighted by Crippen LogP contribution is -2.16. The molecule has 0 saturated carbocycles. The fourth-order valence-electron chi connectivity index (χ4n) is 1.86. The fraction of sp³-hybridized carbons (Fsp3) is 0.182. The van der Waals surface area contributed by atoms with Gasteiger partial charge in [-0.1, -0.05) is 24.3 Å². The van der Waals surface area contributed by atoms with E-state index in [1.165, 1.54) is 15.7 Å². The van der Waals surface area contributed by atoms with Crippen molar-refractivity contribution in [3.63, 3.8) is 0 Å². The molecule has 3 aromatic rings. The number of nitrogens with one attached hydrogen (secondary N) is 1. The van der Waals surface area contributed by atoms with Gasteiger partial charge in [-0.15, -0.1) is 10.2 Å². The average molecular weight is 324 g/mol. The van der Waals surface area contributed by atoms with Crippen molar-refractivity contribution in [2.45, 2.75) is 18.4 Å². The molecule has 3 heterocycles. The number of fused-ring (bicyclic) bond motifs is 1. The van der Waals surface area contributed by atoms with Crippen LogP contribution in [0.15, 0.2) is 29.4 Å². The third-order valence-electron chi connectivity index (χ3n) is 2.76. The molecular formula is C11H12N6O2S2. The Labute approximate surface area is 124 Å². The van der Waals surface area contributed by atoms with Gasteiger partial charge in [-0.05, 0) is 18.6 Å². The van der Waals surface area contributed by atoms with Crippen molar-refractivity contribution < 1.29 is 8.42 Å². The number of rotatable bonds is 4. The monoisotopic (exact) mass is 324 g/mol. The molecule has 21 heavy (non-hydrogen) atoms. The van der Waals surface area contributed by atoms with Crippen LogP contribution in [0.4, 0.5) is 10.9 Å². The molecule has 110 valence electrons. The van der Waals surface area contributed by atoms with Crippen LogP contribution in [0.3, 0.4) is 0 Å². The molecule has 0 saturated heterocycles. The van der Waals surface area contributed by atoms with Gasteiger partial charge in [-0.3, -0.25) is 9.12 Å². The van der Waals surface area contributed by atoms with Gasteiger partial charge in [-0.25, -0.2) is 4.98 Å². The third-order valence-corrected chi connectivity index (χ3v) is 5.25. The fourth-order valence-corrected chi connectivity index (χ4v) is 3.99. The Morgan fingerprint density at radius 1 is 1.38 bits per heavy atom. The van der Waals surface area contributed by atoms with Crippen molar-refractivity contribution in [3.8, 4) is 0 Å². The molecule has 0 bridgehead atoms. The lowest BCUT2D eigenvalue weighted by atomic mass is 10.5. The molecule has 0 atom stereocenters. The Morgan fingerprint density at radius 2 is 2.19 bits per heavy atom. The summed E-state index contributed by atoms with van der Waals surface area (Å²) >= 11 is 1.19. The molecule has 0 radical (unpaired) electrons. The topological polar surface area (TPSA) is 115 Å². The number of nitrogens with two attached hydrogens (primary N) is 1. The van der Waals surface area contributed by atoms with E-state index >= 15 is 0 Å². The molecule has 0 amide bonds. The molecule has 10 heteroatoms. The second-order valence-corrected chi connectivity index (χ2v) is 6.85. The number of aromatic nitrogens is 4. The second kappa shape index (κ2) is 4.97. The first-order chi connectivity index (χ1) is 10.0. The van der Waals surface area contributed by atoms with E-state index in [0.717, 1.165) is 5.01 Å². The summed E-state index contributed by atoms with van der Waals surface area (Å²) in [6.45, 7) is 1.92. The summed E-state index contributed by atoms with van der Waals surface area (Å²) in [7, 11) is -3.89. The van der Waals surface area contributed by atoms with Crippen LogP contribution < -0.4 is 10.5 Å². The zero-order chi connectivity index (χ0) is 15.0. The van der Waals surface area contributed by atoms with Crippen LogP contribution in [0.2, 0.25) is 0 Å². The van der Waals surface area contributed by atoms with Crippen LogP contribution in [0, 0.1) is 0 Å². The summed E-state index contributed by atoms with van der Waals surface area (Å²) < 4.78 is 28.8. The Morgan fingerprint density at radius 3 is 2.90 bits per heavy atom. The molecule has 8 nitrogen and oxygen atoms in total. The minimum atomic E-state index is -3.89. The quantitative estimate of drug-likeness (QED) is 0.743. The highest BCUT2D eigenvalue weighted by Crippen LogP contribution is 2.24. The van der Waals surface area contributed by atoms with Gasteiger partial charge >= 0.3 is 0 Å². The van der Waals surface area contributed by atoms with Crippen LogP contribution in [0.25, 0.3) is 5.65 Å². The van der Waals surface area contributed by atoms with Gasteiger partial charge in [0.15, 0.2) is 5.82 Å². The van der Waals surface area contributed by atoms with E-state index in [-0.39, 0.29) is 16.0 Å². The number of imidazole rings is 1. The number of hydrogen-bond donors (Lipinski definition) is 2. The van der Waals surface area contributed by atoms with Gasteiger partial charge in [0.2, 0.25) is 10.2 Å². The highest BCUT2D eigenvalue weighted by atomic mass is 32.2. The van der Waals surface area contributed by atoms with Gasteiger partial charge in [0.05, 0.1) is 0 Å². The van der Waals surface area contributed by atoms with Crippen molar-refractivity contribution in [2.24, 2.45) is 0 Å². The van der Waals surface area contributed by atoms with Gasteiger partial charge in [0.25, 0.3) is 10.0 Å². The smallest absolute Gasteiger partial charge is 0.283 e. The van der Waals surface area contributed by atoms with Gasteiger partial charge in [-0.2, -0.15) is 8.42 Å². The van der Waals surface area contributed by atoms with E-state index in [2.05, 4.69) is 19.9 Å². The normalized spacial score (nSPS) is 11.9. The zero-order valence-electron chi connectivity index (χ0n) is 11.0. The molecule has 0 fully saturated rings. The zero-order valence-corrected chi connectivity index (χ0v) is 12.6. The highest BCUT2D eigenvalue weighted by Gasteiger charge is 2.25. The first kappa shape index (κ1) is 13.8. The van der Waals surface area contributed by atoms with Crippen LogP contribution in [-0.4, -0.2) is 28.0 Å². The van der Waals surface area contributed by atoms with Crippen LogP contribution in [0.1, 0.15) is 11.9 Å². The number of hydrogen-bond acceptors (Lipinski definition) is 7. The van der Waals surface area contributed by atoms with Crippen molar-refractivity contribution in [1.82, 2.24) is 19.6 Å². The van der Waals surface area contributed by atoms with Crippen molar-refractivity contribution in [2.75, 3.05) is 10.5 Å². The summed E-state index contributed by atoms with van der Waals surface area (Å²) in [6, 6.07) is 5.13. The van der Waals surface area contributed by atoms with Crippen LogP contribution in [0.5, 0.6) is 0 Å². The van der Waals surface area contributed by atoms with Crippen molar-refractivity contribution in [3.05, 3.63) is 29.4 Å². The average Bonchev–Trinajstić information content (AvgIpc) is 3.00. The van der Waals surface area contributed by atoms with E-state index in [9.17, 15) is 8.42 Å². The summed E-state index contributed by atoms with van der Waals surface area (Å²) in [5.41, 5.74) is 6.20. The maximum atomic E-state index is 12.5. The number of aryl methyl sites for hydroxylation is 1. The Balaban J connectivity index is 2.06. The molecule has 0 aliphatic carbocycles. The van der Waals surface area contributed by atoms with E-state index in [4.69, 9.17) is 5.73 Å². The van der Waals surface area contributed by atoms with E-state index in [1.807, 2.05) is 6.92 Å². The number of nitrogen functional groups attached to an aromatic ring is 1. The Kier molecular flexibility index (Phi) is 3.26. The minimum Gasteiger partial charge on any atom is -0.381 e. The molecule has 0 unspecified atom stereocenters. The minimum absolute atomic E-state index is 0.0612. The molecule has 0 aliphatic heterocycles. The standard InChI is InChI=1S/C11H12N6O2S2/c1-2-8-14-15-11(20-8)16-21(18,19)10-9(12)13-7-5-3-4-6-17(7)10/h3-6H,2,12H2,1H3,(H,15,16). The third kappa shape index (κ3) is 2.43. The summed E-state index contributed by atoms with van der Waals surface area (Å²) in [6.07, 6.45) is 2.28. The van der Waals surface area contributed by atoms with Crippen LogP contribution in [-0.2, 0) is 16.4 Å². The lowest BCUT2D eigenvalue weighted by molar-refractivity contribution is 0.597. The second-order valence-electron chi connectivity index (χ2n) is 4.19. The molecule has 0 aliphatic rings. The molecular weight excluding hydrogens is 312 g/mol. The van der Waals surface area contributed by atoms with Gasteiger partial charge < -0.3 is 5.73 Å². The van der Waals surface area contributed by atoms with Crippen LogP contribution >= 0.6 is 11.3 Å². The van der Waals surface area contributed by atoms with Gasteiger partial charge in [0.1, 0.15) is 10.7 Å². The molecule has 3 N–H and O–H groups in total. The lowest BCUT2D eigenvalue weighted by Gasteiger charge is -2.05. The molecule has 3 rings (SSSR count). The molecule has 3 aromatic heterocycles. The van der Waals surface area contributed by atoms with E-state index < -0.39 is 10.0 Å². The molecule has 0 spiro atoms. The van der Waals surface area contributed by atoms with Crippen molar-refractivity contribution >= 4 is 38.0 Å². The van der Waals surface area contributed by atoms with Crippen molar-refractivity contribution in [1.29, 1.82) is 0 Å². The number of sulfonamides is 1. The van der Waals surface area contributed by atoms with Gasteiger partial charge in [0, 0.05) is 6.20 Å². The SMILES string of the molecule is CCc1nnc(NS(=O)(=O)c2c(N)nc3ccccn23)s1.